The van der Waals surface area contributed by atoms with Crippen molar-refractivity contribution in [2.75, 3.05) is 7.11 Å². The summed E-state index contributed by atoms with van der Waals surface area (Å²) in [5.41, 5.74) is 2.91. The molecule has 126 valence electrons. The van der Waals surface area contributed by atoms with Crippen LogP contribution in [0.2, 0.25) is 10.3 Å². The van der Waals surface area contributed by atoms with Crippen molar-refractivity contribution in [3.8, 4) is 0 Å². The zero-order valence-corrected chi connectivity index (χ0v) is 14.8. The summed E-state index contributed by atoms with van der Waals surface area (Å²) in [7, 11) is 1.35. The topological polar surface area (TPSA) is 65.0 Å². The van der Waals surface area contributed by atoms with Gasteiger partial charge in [-0.25, -0.2) is 14.8 Å². The van der Waals surface area contributed by atoms with E-state index in [0.29, 0.717) is 16.2 Å². The van der Waals surface area contributed by atoms with E-state index in [1.54, 1.807) is 18.3 Å². The average Bonchev–Trinajstić information content (AvgIpc) is 3.40. The molecule has 1 aliphatic carbocycles. The lowest BCUT2D eigenvalue weighted by Gasteiger charge is -2.08. The number of carbonyl (C=O) groups is 1. The van der Waals surface area contributed by atoms with E-state index in [1.807, 2.05) is 18.2 Å². The number of aromatic nitrogens is 3. The van der Waals surface area contributed by atoms with Gasteiger partial charge >= 0.3 is 5.97 Å². The van der Waals surface area contributed by atoms with Crippen LogP contribution in [0.25, 0.3) is 11.0 Å². The van der Waals surface area contributed by atoms with Gasteiger partial charge in [0.2, 0.25) is 5.28 Å². The number of pyridine rings is 1. The molecule has 2 atom stereocenters. The molecule has 1 fully saturated rings. The Bertz CT molecular complexity index is 993. The Balaban J connectivity index is 1.68. The molecule has 5 nitrogen and oxygen atoms in total. The minimum atomic E-state index is -0.402. The molecule has 0 amide bonds. The normalized spacial score (nSPS) is 19.0. The van der Waals surface area contributed by atoms with Gasteiger partial charge in [0.05, 0.1) is 18.4 Å². The van der Waals surface area contributed by atoms with Gasteiger partial charge < -0.3 is 4.74 Å². The maximum Gasteiger partial charge on any atom is 0.337 e. The second kappa shape index (κ2) is 6.24. The Morgan fingerprint density at radius 3 is 2.80 bits per heavy atom. The number of fused-ring (bicyclic) bond motifs is 1. The third-order valence-corrected chi connectivity index (χ3v) is 4.93. The lowest BCUT2D eigenvalue weighted by atomic mass is 10.0. The van der Waals surface area contributed by atoms with Crippen molar-refractivity contribution < 1.29 is 9.53 Å². The summed E-state index contributed by atoms with van der Waals surface area (Å²) in [6.45, 7) is 0. The van der Waals surface area contributed by atoms with Crippen molar-refractivity contribution in [3.05, 3.63) is 63.7 Å². The molecule has 1 aromatic carbocycles. The molecule has 4 rings (SSSR count). The van der Waals surface area contributed by atoms with E-state index < -0.39 is 5.97 Å². The van der Waals surface area contributed by atoms with Crippen molar-refractivity contribution in [1.29, 1.82) is 0 Å². The van der Waals surface area contributed by atoms with Gasteiger partial charge in [0, 0.05) is 22.5 Å². The monoisotopic (exact) mass is 373 g/mol. The maximum atomic E-state index is 11.6. The van der Waals surface area contributed by atoms with E-state index in [2.05, 4.69) is 15.0 Å². The highest BCUT2D eigenvalue weighted by Gasteiger charge is 2.43. The minimum absolute atomic E-state index is 0.194. The molecule has 1 saturated carbocycles. The van der Waals surface area contributed by atoms with Gasteiger partial charge in [0.15, 0.2) is 5.65 Å². The number of esters is 1. The highest BCUT2D eigenvalue weighted by atomic mass is 35.5. The van der Waals surface area contributed by atoms with Crippen LogP contribution in [-0.4, -0.2) is 28.0 Å². The summed E-state index contributed by atoms with van der Waals surface area (Å²) < 4.78 is 4.72. The quantitative estimate of drug-likeness (QED) is 0.503. The standard InChI is InChI=1S/C18H13Cl2N3O2/c1-25-17(24)9-4-5-10(14(19)7-9)12-8-13(12)15-11-3-2-6-21-16(11)23-18(20)22-15/h2-7,12-13H,8H2,1H3. The molecule has 3 aromatic rings. The molecule has 0 saturated heterocycles. The number of benzene rings is 1. The number of rotatable bonds is 3. The van der Waals surface area contributed by atoms with E-state index in [0.717, 1.165) is 23.1 Å². The average molecular weight is 374 g/mol. The summed E-state index contributed by atoms with van der Waals surface area (Å²) >= 11 is 12.4. The summed E-state index contributed by atoms with van der Waals surface area (Å²) in [6, 6.07) is 9.06. The van der Waals surface area contributed by atoms with Crippen LogP contribution < -0.4 is 0 Å². The third kappa shape index (κ3) is 2.94. The number of hydrogen-bond acceptors (Lipinski definition) is 5. The molecule has 0 bridgehead atoms. The number of halogens is 2. The number of hydrogen-bond donors (Lipinski definition) is 0. The first-order chi connectivity index (χ1) is 12.1. The summed E-state index contributed by atoms with van der Waals surface area (Å²) in [5, 5.41) is 1.65. The smallest absolute Gasteiger partial charge is 0.337 e. The van der Waals surface area contributed by atoms with Crippen LogP contribution in [-0.2, 0) is 4.74 Å². The molecule has 2 aromatic heterocycles. The molecule has 0 radical (unpaired) electrons. The van der Waals surface area contributed by atoms with Gasteiger partial charge in [-0.3, -0.25) is 0 Å². The Morgan fingerprint density at radius 2 is 2.04 bits per heavy atom. The van der Waals surface area contributed by atoms with Gasteiger partial charge in [-0.05, 0) is 53.8 Å². The number of methoxy groups -OCH3 is 1. The Hall–Kier alpha value is -2.24. The van der Waals surface area contributed by atoms with Gasteiger partial charge in [0.1, 0.15) is 0 Å². The summed E-state index contributed by atoms with van der Waals surface area (Å²) in [4.78, 5) is 24.5. The van der Waals surface area contributed by atoms with E-state index >= 15 is 0 Å². The Labute approximate surface area is 154 Å². The summed E-state index contributed by atoms with van der Waals surface area (Å²) in [6.07, 6.45) is 2.59. The predicted octanol–water partition coefficient (Wildman–Crippen LogP) is 4.39. The highest BCUT2D eigenvalue weighted by Crippen LogP contribution is 2.56. The minimum Gasteiger partial charge on any atom is -0.465 e. The highest BCUT2D eigenvalue weighted by molar-refractivity contribution is 6.31. The molecule has 1 aliphatic rings. The number of ether oxygens (including phenoxy) is 1. The van der Waals surface area contributed by atoms with Crippen molar-refractivity contribution >= 4 is 40.2 Å². The fourth-order valence-electron chi connectivity index (χ4n) is 3.15. The zero-order chi connectivity index (χ0) is 17.6. The van der Waals surface area contributed by atoms with Crippen LogP contribution in [0.3, 0.4) is 0 Å². The maximum absolute atomic E-state index is 11.6. The van der Waals surface area contributed by atoms with E-state index in [4.69, 9.17) is 27.9 Å². The second-order valence-electron chi connectivity index (χ2n) is 5.93. The first-order valence-electron chi connectivity index (χ1n) is 7.74. The first-order valence-corrected chi connectivity index (χ1v) is 8.50. The number of carbonyl (C=O) groups excluding carboxylic acids is 1. The molecular weight excluding hydrogens is 361 g/mol. The van der Waals surface area contributed by atoms with Crippen LogP contribution in [0.1, 0.15) is 39.9 Å². The van der Waals surface area contributed by atoms with Gasteiger partial charge in [-0.15, -0.1) is 0 Å². The van der Waals surface area contributed by atoms with Gasteiger partial charge in [0.25, 0.3) is 0 Å². The lowest BCUT2D eigenvalue weighted by Crippen LogP contribution is -2.01. The summed E-state index contributed by atoms with van der Waals surface area (Å²) in [5.74, 6) is 0.0303. The zero-order valence-electron chi connectivity index (χ0n) is 13.2. The second-order valence-corrected chi connectivity index (χ2v) is 6.67. The van der Waals surface area contributed by atoms with Gasteiger partial charge in [-0.1, -0.05) is 17.7 Å². The van der Waals surface area contributed by atoms with Gasteiger partial charge in [-0.2, -0.15) is 4.98 Å². The molecule has 2 heterocycles. The van der Waals surface area contributed by atoms with E-state index in [9.17, 15) is 4.79 Å². The van der Waals surface area contributed by atoms with Crippen molar-refractivity contribution in [2.45, 2.75) is 18.3 Å². The Kier molecular flexibility index (Phi) is 4.06. The largest absolute Gasteiger partial charge is 0.465 e. The van der Waals surface area contributed by atoms with Crippen LogP contribution >= 0.6 is 23.2 Å². The van der Waals surface area contributed by atoms with Crippen molar-refractivity contribution in [3.63, 3.8) is 0 Å². The Morgan fingerprint density at radius 1 is 1.20 bits per heavy atom. The molecular formula is C18H13Cl2N3O2. The molecule has 25 heavy (non-hydrogen) atoms. The fourth-order valence-corrected chi connectivity index (χ4v) is 3.65. The predicted molar refractivity (Wildman–Crippen MR) is 95.2 cm³/mol. The van der Waals surface area contributed by atoms with E-state index in [1.165, 1.54) is 7.11 Å². The molecule has 0 spiro atoms. The third-order valence-electron chi connectivity index (χ3n) is 4.44. The fraction of sp³-hybridized carbons (Fsp3) is 0.222. The van der Waals surface area contributed by atoms with Crippen LogP contribution in [0.15, 0.2) is 36.5 Å². The first kappa shape index (κ1) is 16.2. The molecule has 2 unspecified atom stereocenters. The molecule has 0 N–H and O–H groups in total. The SMILES string of the molecule is COC(=O)c1ccc(C2CC2c2nc(Cl)nc3ncccc23)c(Cl)c1. The molecule has 0 aliphatic heterocycles. The van der Waals surface area contributed by atoms with Crippen molar-refractivity contribution in [2.24, 2.45) is 0 Å². The van der Waals surface area contributed by atoms with Crippen molar-refractivity contribution in [1.82, 2.24) is 15.0 Å². The molecule has 7 heteroatoms. The lowest BCUT2D eigenvalue weighted by molar-refractivity contribution is 0.0600. The number of nitrogens with zero attached hydrogens (tertiary/aromatic N) is 3. The van der Waals surface area contributed by atoms with Crippen LogP contribution in [0.4, 0.5) is 0 Å². The van der Waals surface area contributed by atoms with Crippen LogP contribution in [0, 0.1) is 0 Å². The van der Waals surface area contributed by atoms with E-state index in [-0.39, 0.29) is 17.1 Å². The van der Waals surface area contributed by atoms with Crippen LogP contribution in [0.5, 0.6) is 0 Å².